The van der Waals surface area contributed by atoms with Gasteiger partial charge in [-0.25, -0.2) is 4.79 Å². The molecule has 1 atom stereocenters. The molecule has 0 amide bonds. The van der Waals surface area contributed by atoms with E-state index in [1.54, 1.807) is 0 Å². The minimum Gasteiger partial charge on any atom is -0.467 e. The summed E-state index contributed by atoms with van der Waals surface area (Å²) < 4.78 is 4.54. The summed E-state index contributed by atoms with van der Waals surface area (Å²) in [6.45, 7) is 0. The number of hydrogen-bond donors (Lipinski definition) is 1. The number of esters is 1. The van der Waals surface area contributed by atoms with Gasteiger partial charge in [-0.3, -0.25) is 0 Å². The molecule has 70 valence electrons. The molecule has 0 spiro atoms. The van der Waals surface area contributed by atoms with E-state index >= 15 is 0 Å². The SMILES string of the molecule is COC(=O)C(Br)Nc1ccccc1. The number of halogens is 1. The summed E-state index contributed by atoms with van der Waals surface area (Å²) in [7, 11) is 1.35. The van der Waals surface area contributed by atoms with Gasteiger partial charge in [0.05, 0.1) is 7.11 Å². The number of anilines is 1. The first-order valence-corrected chi connectivity index (χ1v) is 4.69. The van der Waals surface area contributed by atoms with Crippen molar-refractivity contribution in [1.82, 2.24) is 0 Å². The molecular formula is C9H10BrNO2. The number of carbonyl (C=O) groups excluding carboxylic acids is 1. The third-order valence-electron chi connectivity index (χ3n) is 1.48. The molecule has 0 bridgehead atoms. The van der Waals surface area contributed by atoms with Crippen LogP contribution in [0.25, 0.3) is 0 Å². The van der Waals surface area contributed by atoms with Gasteiger partial charge in [0.2, 0.25) is 0 Å². The Morgan fingerprint density at radius 2 is 2.08 bits per heavy atom. The second-order valence-electron chi connectivity index (χ2n) is 2.40. The molecule has 0 aliphatic rings. The molecule has 1 aromatic rings. The summed E-state index contributed by atoms with van der Waals surface area (Å²) in [6.07, 6.45) is 0. The zero-order chi connectivity index (χ0) is 9.68. The lowest BCUT2D eigenvalue weighted by molar-refractivity contribution is -0.139. The molecule has 3 nitrogen and oxygen atoms in total. The minimum atomic E-state index is -0.500. The maximum absolute atomic E-state index is 11.0. The van der Waals surface area contributed by atoms with E-state index in [2.05, 4.69) is 26.0 Å². The van der Waals surface area contributed by atoms with E-state index < -0.39 is 4.95 Å². The number of para-hydroxylation sites is 1. The number of ether oxygens (including phenoxy) is 1. The standard InChI is InChI=1S/C9H10BrNO2/c1-13-9(12)8(10)11-7-5-3-2-4-6-7/h2-6,8,11H,1H3. The molecule has 1 N–H and O–H groups in total. The van der Waals surface area contributed by atoms with Crippen molar-refractivity contribution in [1.29, 1.82) is 0 Å². The topological polar surface area (TPSA) is 38.3 Å². The first kappa shape index (κ1) is 10.1. The number of nitrogens with one attached hydrogen (secondary N) is 1. The van der Waals surface area contributed by atoms with Crippen molar-refractivity contribution in [2.45, 2.75) is 4.95 Å². The molecule has 0 saturated carbocycles. The molecule has 0 fully saturated rings. The number of hydrogen-bond acceptors (Lipinski definition) is 3. The van der Waals surface area contributed by atoms with E-state index in [0.29, 0.717) is 0 Å². The first-order valence-electron chi connectivity index (χ1n) is 3.77. The summed E-state index contributed by atoms with van der Waals surface area (Å²) in [6, 6.07) is 9.43. The minimum absolute atomic E-state index is 0.344. The Kier molecular flexibility index (Phi) is 3.76. The fraction of sp³-hybridized carbons (Fsp3) is 0.222. The Balaban J connectivity index is 2.55. The maximum atomic E-state index is 11.0. The Morgan fingerprint density at radius 3 is 2.62 bits per heavy atom. The molecule has 0 aliphatic carbocycles. The number of alkyl halides is 1. The fourth-order valence-electron chi connectivity index (χ4n) is 0.843. The highest BCUT2D eigenvalue weighted by Crippen LogP contribution is 2.10. The lowest BCUT2D eigenvalue weighted by Crippen LogP contribution is -2.24. The van der Waals surface area contributed by atoms with Crippen LogP contribution in [0.2, 0.25) is 0 Å². The summed E-state index contributed by atoms with van der Waals surface area (Å²) in [5.74, 6) is -0.344. The number of carbonyl (C=O) groups is 1. The Morgan fingerprint density at radius 1 is 1.46 bits per heavy atom. The van der Waals surface area contributed by atoms with Crippen molar-refractivity contribution >= 4 is 27.6 Å². The fourth-order valence-corrected chi connectivity index (χ4v) is 1.29. The monoisotopic (exact) mass is 243 g/mol. The molecule has 13 heavy (non-hydrogen) atoms. The van der Waals surface area contributed by atoms with Gasteiger partial charge in [0.1, 0.15) is 0 Å². The van der Waals surface area contributed by atoms with Gasteiger partial charge in [0.15, 0.2) is 4.95 Å². The third kappa shape index (κ3) is 3.06. The molecule has 0 radical (unpaired) electrons. The molecule has 0 saturated heterocycles. The smallest absolute Gasteiger partial charge is 0.339 e. The van der Waals surface area contributed by atoms with Gasteiger partial charge < -0.3 is 10.1 Å². The molecule has 1 rings (SSSR count). The second kappa shape index (κ2) is 4.87. The van der Waals surface area contributed by atoms with Gasteiger partial charge >= 0.3 is 5.97 Å². The van der Waals surface area contributed by atoms with Crippen molar-refractivity contribution in [3.05, 3.63) is 30.3 Å². The average molecular weight is 244 g/mol. The molecule has 1 unspecified atom stereocenters. The highest BCUT2D eigenvalue weighted by molar-refractivity contribution is 9.10. The van der Waals surface area contributed by atoms with Crippen LogP contribution >= 0.6 is 15.9 Å². The van der Waals surface area contributed by atoms with Crippen LogP contribution in [-0.2, 0) is 9.53 Å². The van der Waals surface area contributed by atoms with Gasteiger partial charge in [0.25, 0.3) is 0 Å². The van der Waals surface area contributed by atoms with Crippen LogP contribution in [0.4, 0.5) is 5.69 Å². The van der Waals surface area contributed by atoms with Crippen LogP contribution in [0.3, 0.4) is 0 Å². The van der Waals surface area contributed by atoms with Crippen LogP contribution in [0.15, 0.2) is 30.3 Å². The molecule has 0 aromatic heterocycles. The maximum Gasteiger partial charge on any atom is 0.339 e. The zero-order valence-corrected chi connectivity index (χ0v) is 8.74. The molecule has 1 aromatic carbocycles. The predicted octanol–water partition coefficient (Wildman–Crippen LogP) is 1.99. The molecule has 4 heteroatoms. The quantitative estimate of drug-likeness (QED) is 0.502. The molecule has 0 aliphatic heterocycles. The summed E-state index contributed by atoms with van der Waals surface area (Å²) in [5, 5.41) is 2.93. The number of rotatable bonds is 3. The van der Waals surface area contributed by atoms with E-state index in [1.165, 1.54) is 7.11 Å². The van der Waals surface area contributed by atoms with Gasteiger partial charge in [-0.15, -0.1) is 0 Å². The van der Waals surface area contributed by atoms with Crippen molar-refractivity contribution in [2.75, 3.05) is 12.4 Å². The van der Waals surface area contributed by atoms with Crippen molar-refractivity contribution in [3.63, 3.8) is 0 Å². The van der Waals surface area contributed by atoms with Crippen LogP contribution in [-0.4, -0.2) is 18.0 Å². The van der Waals surface area contributed by atoms with E-state index in [1.807, 2.05) is 30.3 Å². The predicted molar refractivity (Wildman–Crippen MR) is 54.8 cm³/mol. The normalized spacial score (nSPS) is 11.8. The number of methoxy groups -OCH3 is 1. The summed E-state index contributed by atoms with van der Waals surface area (Å²) in [5.41, 5.74) is 0.870. The first-order chi connectivity index (χ1) is 6.24. The van der Waals surface area contributed by atoms with E-state index in [4.69, 9.17) is 0 Å². The third-order valence-corrected chi connectivity index (χ3v) is 2.08. The lowest BCUT2D eigenvalue weighted by Gasteiger charge is -2.10. The van der Waals surface area contributed by atoms with Gasteiger partial charge in [-0.05, 0) is 12.1 Å². The number of benzene rings is 1. The Hall–Kier alpha value is -1.03. The van der Waals surface area contributed by atoms with Crippen LogP contribution in [0.5, 0.6) is 0 Å². The van der Waals surface area contributed by atoms with Crippen LogP contribution < -0.4 is 5.32 Å². The van der Waals surface area contributed by atoms with Crippen LogP contribution in [0.1, 0.15) is 0 Å². The van der Waals surface area contributed by atoms with Crippen molar-refractivity contribution < 1.29 is 9.53 Å². The Bertz CT molecular complexity index is 276. The van der Waals surface area contributed by atoms with Crippen molar-refractivity contribution in [2.24, 2.45) is 0 Å². The van der Waals surface area contributed by atoms with Crippen LogP contribution in [0, 0.1) is 0 Å². The second-order valence-corrected chi connectivity index (χ2v) is 3.31. The lowest BCUT2D eigenvalue weighted by atomic mass is 10.3. The van der Waals surface area contributed by atoms with E-state index in [0.717, 1.165) is 5.69 Å². The van der Waals surface area contributed by atoms with Crippen molar-refractivity contribution in [3.8, 4) is 0 Å². The zero-order valence-electron chi connectivity index (χ0n) is 7.16. The van der Waals surface area contributed by atoms with Gasteiger partial charge in [-0.2, -0.15) is 0 Å². The highest BCUT2D eigenvalue weighted by atomic mass is 79.9. The summed E-state index contributed by atoms with van der Waals surface area (Å²) in [4.78, 5) is 10.5. The Labute approximate surface area is 85.2 Å². The molecular weight excluding hydrogens is 234 g/mol. The summed E-state index contributed by atoms with van der Waals surface area (Å²) >= 11 is 3.15. The van der Waals surface area contributed by atoms with E-state index in [-0.39, 0.29) is 5.97 Å². The van der Waals surface area contributed by atoms with Gasteiger partial charge in [-0.1, -0.05) is 34.1 Å². The highest BCUT2D eigenvalue weighted by Gasteiger charge is 2.13. The van der Waals surface area contributed by atoms with Gasteiger partial charge in [0, 0.05) is 5.69 Å². The average Bonchev–Trinajstić information content (AvgIpc) is 2.18. The molecule has 0 heterocycles. The van der Waals surface area contributed by atoms with E-state index in [9.17, 15) is 4.79 Å². The largest absolute Gasteiger partial charge is 0.467 e.